The molecule has 49 heavy (non-hydrogen) atoms. The van der Waals surface area contributed by atoms with Crippen molar-refractivity contribution in [1.82, 2.24) is 0 Å². The lowest BCUT2D eigenvalue weighted by molar-refractivity contribution is -0.137. The first-order chi connectivity index (χ1) is 23.9. The molecule has 242 valence electrons. The zero-order valence-corrected chi connectivity index (χ0v) is 26.9. The molecule has 0 fully saturated rings. The maximum atomic E-state index is 13.2. The molecular weight excluding hydrogens is 610 g/mol. The van der Waals surface area contributed by atoms with Crippen molar-refractivity contribution < 1.29 is 19.5 Å². The number of para-hydroxylation sites is 1. The van der Waals surface area contributed by atoms with Crippen LogP contribution in [0.25, 0.3) is 22.3 Å². The van der Waals surface area contributed by atoms with Gasteiger partial charge in [0.1, 0.15) is 6.04 Å². The minimum atomic E-state index is -1.02. The molecule has 0 heterocycles. The minimum Gasteiger partial charge on any atom is -0.480 e. The number of benzene rings is 6. The van der Waals surface area contributed by atoms with Gasteiger partial charge in [-0.2, -0.15) is 0 Å². The first-order valence-corrected chi connectivity index (χ1v) is 15.9. The monoisotopic (exact) mass is 645 g/mol. The van der Waals surface area contributed by atoms with E-state index in [-0.39, 0.29) is 18.2 Å². The molecule has 7 heteroatoms. The molecule has 0 unspecified atom stereocenters. The third-order valence-electron chi connectivity index (χ3n) is 8.34. The van der Waals surface area contributed by atoms with Gasteiger partial charge in [0, 0.05) is 41.7 Å². The molecule has 0 aliphatic heterocycles. The van der Waals surface area contributed by atoms with E-state index in [0.717, 1.165) is 33.5 Å². The first-order valence-electron chi connectivity index (χ1n) is 15.9. The number of amides is 2. The van der Waals surface area contributed by atoms with Gasteiger partial charge in [0.25, 0.3) is 0 Å². The number of anilines is 3. The highest BCUT2D eigenvalue weighted by Gasteiger charge is 2.21. The van der Waals surface area contributed by atoms with Crippen molar-refractivity contribution in [3.63, 3.8) is 0 Å². The topological polar surface area (TPSA) is 98.7 Å². The summed E-state index contributed by atoms with van der Waals surface area (Å²) in [5.74, 6) is -1.20. The number of carbonyl (C=O) groups excluding carboxylic acids is 2. The Hall–Kier alpha value is -6.47. The SMILES string of the molecule is CN(C(=O)Nc1ccc(-c2ccccc2)cc1)c1cccc(-c2ccc(C[C@H](Nc3ccccc3C(=O)c3ccccc3)C(=O)O)cc2)c1. The zero-order chi connectivity index (χ0) is 34.2. The minimum absolute atomic E-state index is 0.181. The highest BCUT2D eigenvalue weighted by atomic mass is 16.4. The fourth-order valence-corrected chi connectivity index (χ4v) is 5.60. The van der Waals surface area contributed by atoms with Crippen molar-refractivity contribution in [2.24, 2.45) is 0 Å². The van der Waals surface area contributed by atoms with Crippen molar-refractivity contribution in [2.45, 2.75) is 12.5 Å². The van der Waals surface area contributed by atoms with Crippen molar-refractivity contribution in [1.29, 1.82) is 0 Å². The smallest absolute Gasteiger partial charge is 0.326 e. The van der Waals surface area contributed by atoms with Crippen LogP contribution in [-0.4, -0.2) is 36.0 Å². The Bertz CT molecular complexity index is 2060. The maximum Gasteiger partial charge on any atom is 0.326 e. The normalized spacial score (nSPS) is 11.3. The van der Waals surface area contributed by atoms with E-state index in [0.29, 0.717) is 22.5 Å². The van der Waals surface area contributed by atoms with E-state index in [4.69, 9.17) is 0 Å². The number of ketones is 1. The van der Waals surface area contributed by atoms with E-state index in [9.17, 15) is 19.5 Å². The summed E-state index contributed by atoms with van der Waals surface area (Å²) in [6.45, 7) is 0. The molecule has 0 saturated carbocycles. The zero-order valence-electron chi connectivity index (χ0n) is 26.9. The van der Waals surface area contributed by atoms with Gasteiger partial charge in [0.15, 0.2) is 5.78 Å². The van der Waals surface area contributed by atoms with Crippen LogP contribution in [0.1, 0.15) is 21.5 Å². The van der Waals surface area contributed by atoms with E-state index in [1.54, 1.807) is 60.5 Å². The largest absolute Gasteiger partial charge is 0.480 e. The molecule has 0 aliphatic rings. The number of carbonyl (C=O) groups is 3. The van der Waals surface area contributed by atoms with Gasteiger partial charge in [-0.05, 0) is 64.2 Å². The molecule has 0 spiro atoms. The Morgan fingerprint density at radius 2 is 1.20 bits per heavy atom. The van der Waals surface area contributed by atoms with Gasteiger partial charge in [0.05, 0.1) is 0 Å². The second-order valence-corrected chi connectivity index (χ2v) is 11.7. The van der Waals surface area contributed by atoms with Gasteiger partial charge >= 0.3 is 12.0 Å². The lowest BCUT2D eigenvalue weighted by Crippen LogP contribution is -2.32. The van der Waals surface area contributed by atoms with Crippen molar-refractivity contribution in [2.75, 3.05) is 22.6 Å². The summed E-state index contributed by atoms with van der Waals surface area (Å²) in [6.07, 6.45) is 0.207. The first kappa shape index (κ1) is 32.5. The van der Waals surface area contributed by atoms with Gasteiger partial charge in [0.2, 0.25) is 0 Å². The van der Waals surface area contributed by atoms with Crippen molar-refractivity contribution >= 4 is 34.8 Å². The molecule has 0 aliphatic carbocycles. The average Bonchev–Trinajstić information content (AvgIpc) is 3.15. The van der Waals surface area contributed by atoms with Crippen LogP contribution in [0.4, 0.5) is 21.9 Å². The maximum absolute atomic E-state index is 13.2. The van der Waals surface area contributed by atoms with Gasteiger partial charge in [-0.15, -0.1) is 0 Å². The fraction of sp³-hybridized carbons (Fsp3) is 0.0714. The lowest BCUT2D eigenvalue weighted by atomic mass is 9.98. The highest BCUT2D eigenvalue weighted by Crippen LogP contribution is 2.27. The van der Waals surface area contributed by atoms with Crippen LogP contribution >= 0.6 is 0 Å². The van der Waals surface area contributed by atoms with Crippen LogP contribution in [0.15, 0.2) is 158 Å². The molecule has 6 rings (SSSR count). The molecule has 0 saturated heterocycles. The Morgan fingerprint density at radius 1 is 0.633 bits per heavy atom. The lowest BCUT2D eigenvalue weighted by Gasteiger charge is -2.19. The summed E-state index contributed by atoms with van der Waals surface area (Å²) in [6, 6.07) is 47.8. The van der Waals surface area contributed by atoms with Crippen LogP contribution in [0, 0.1) is 0 Å². The summed E-state index contributed by atoms with van der Waals surface area (Å²) in [5.41, 5.74) is 7.67. The molecule has 0 bridgehead atoms. The van der Waals surface area contributed by atoms with Gasteiger partial charge in [-0.1, -0.05) is 121 Å². The summed E-state index contributed by atoms with van der Waals surface area (Å²) in [4.78, 5) is 40.2. The molecule has 7 nitrogen and oxygen atoms in total. The number of rotatable bonds is 11. The van der Waals surface area contributed by atoms with E-state index >= 15 is 0 Å². The summed E-state index contributed by atoms with van der Waals surface area (Å²) in [7, 11) is 1.72. The number of aliphatic carboxylic acids is 1. The molecule has 0 radical (unpaired) electrons. The van der Waals surface area contributed by atoms with Crippen molar-refractivity contribution in [3.8, 4) is 22.3 Å². The van der Waals surface area contributed by atoms with E-state index < -0.39 is 12.0 Å². The van der Waals surface area contributed by atoms with Gasteiger partial charge in [-0.3, -0.25) is 9.69 Å². The third-order valence-corrected chi connectivity index (χ3v) is 8.34. The highest BCUT2D eigenvalue weighted by molar-refractivity contribution is 6.12. The van der Waals surface area contributed by atoms with Crippen LogP contribution in [-0.2, 0) is 11.2 Å². The predicted molar refractivity (Wildman–Crippen MR) is 196 cm³/mol. The number of carboxylic acid groups (broad SMARTS) is 1. The van der Waals surface area contributed by atoms with Crippen molar-refractivity contribution in [3.05, 3.63) is 174 Å². The molecule has 6 aromatic carbocycles. The molecule has 3 N–H and O–H groups in total. The quantitative estimate of drug-likeness (QED) is 0.122. The Morgan fingerprint density at radius 3 is 1.90 bits per heavy atom. The van der Waals surface area contributed by atoms with Crippen LogP contribution in [0.5, 0.6) is 0 Å². The number of nitrogens with one attached hydrogen (secondary N) is 2. The number of urea groups is 1. The third kappa shape index (κ3) is 7.92. The summed E-state index contributed by atoms with van der Waals surface area (Å²) < 4.78 is 0. The fourth-order valence-electron chi connectivity index (χ4n) is 5.60. The molecule has 1 atom stereocenters. The molecule has 6 aromatic rings. The van der Waals surface area contributed by atoms with Gasteiger partial charge in [-0.25, -0.2) is 9.59 Å². The number of hydrogen-bond acceptors (Lipinski definition) is 4. The summed E-state index contributed by atoms with van der Waals surface area (Å²) >= 11 is 0. The standard InChI is InChI=1S/C42H35N3O4/c1-45(42(49)43-35-25-23-31(24-26-35)30-11-4-2-5-12-30)36-16-10-15-34(28-36)32-21-19-29(20-22-32)27-39(41(47)48)44-38-18-9-8-17-37(38)40(46)33-13-6-3-7-14-33/h2-26,28,39,44H,27H2,1H3,(H,43,49)(H,47,48)/t39-/m0/s1. The van der Waals surface area contributed by atoms with Crippen LogP contribution < -0.4 is 15.5 Å². The Labute approximate surface area is 285 Å². The van der Waals surface area contributed by atoms with Gasteiger partial charge < -0.3 is 15.7 Å². The van der Waals surface area contributed by atoms with Crippen LogP contribution in [0.2, 0.25) is 0 Å². The Balaban J connectivity index is 1.11. The van der Waals surface area contributed by atoms with E-state index in [1.807, 2.05) is 109 Å². The molecule has 0 aromatic heterocycles. The second-order valence-electron chi connectivity index (χ2n) is 11.7. The number of carboxylic acids is 1. The summed E-state index contributed by atoms with van der Waals surface area (Å²) in [5, 5.41) is 16.1. The number of hydrogen-bond donors (Lipinski definition) is 3. The number of nitrogens with zero attached hydrogens (tertiary/aromatic N) is 1. The molecular formula is C42H35N3O4. The van der Waals surface area contributed by atoms with E-state index in [2.05, 4.69) is 10.6 Å². The predicted octanol–water partition coefficient (Wildman–Crippen LogP) is 9.03. The van der Waals surface area contributed by atoms with Crippen LogP contribution in [0.3, 0.4) is 0 Å². The van der Waals surface area contributed by atoms with E-state index in [1.165, 1.54) is 0 Å². The molecule has 2 amide bonds. The Kier molecular flexibility index (Phi) is 9.91. The average molecular weight is 646 g/mol. The second kappa shape index (κ2) is 15.0.